The number of anilines is 2. The van der Waals surface area contributed by atoms with Crippen molar-refractivity contribution in [3.63, 3.8) is 0 Å². The highest BCUT2D eigenvalue weighted by molar-refractivity contribution is 7.93. The van der Waals surface area contributed by atoms with E-state index in [1.54, 1.807) is 30.3 Å². The first-order chi connectivity index (χ1) is 18.7. The van der Waals surface area contributed by atoms with Gasteiger partial charge in [0, 0.05) is 24.8 Å². The van der Waals surface area contributed by atoms with Gasteiger partial charge in [-0.25, -0.2) is 16.8 Å². The molecule has 1 aliphatic heterocycles. The van der Waals surface area contributed by atoms with Gasteiger partial charge in [-0.1, -0.05) is 24.6 Å². The second kappa shape index (κ2) is 12.1. The van der Waals surface area contributed by atoms with Gasteiger partial charge in [0.1, 0.15) is 18.0 Å². The molecule has 0 spiro atoms. The van der Waals surface area contributed by atoms with E-state index in [0.29, 0.717) is 24.5 Å². The van der Waals surface area contributed by atoms with Gasteiger partial charge in [-0.05, 0) is 61.4 Å². The molecule has 0 unspecified atom stereocenters. The van der Waals surface area contributed by atoms with E-state index in [1.807, 2.05) is 0 Å². The summed E-state index contributed by atoms with van der Waals surface area (Å²) in [4.78, 5) is 13.3. The number of nitrogens with zero attached hydrogens (tertiary/aromatic N) is 2. The molecule has 0 aromatic heterocycles. The molecule has 39 heavy (non-hydrogen) atoms. The van der Waals surface area contributed by atoms with Crippen molar-refractivity contribution in [2.24, 2.45) is 0 Å². The van der Waals surface area contributed by atoms with Crippen molar-refractivity contribution in [3.05, 3.63) is 72.8 Å². The Morgan fingerprint density at radius 2 is 1.51 bits per heavy atom. The van der Waals surface area contributed by atoms with Crippen molar-refractivity contribution < 1.29 is 31.1 Å². The van der Waals surface area contributed by atoms with Gasteiger partial charge in [0.15, 0.2) is 0 Å². The summed E-state index contributed by atoms with van der Waals surface area (Å²) in [5.41, 5.74) is 0.450. The van der Waals surface area contributed by atoms with Crippen LogP contribution in [0.25, 0.3) is 0 Å². The molecule has 0 bridgehead atoms. The highest BCUT2D eigenvalue weighted by atomic mass is 32.2. The minimum Gasteiger partial charge on any atom is -0.497 e. The molecule has 1 fully saturated rings. The minimum absolute atomic E-state index is 0.00468. The normalized spacial score (nSPS) is 14.4. The van der Waals surface area contributed by atoms with E-state index >= 15 is 0 Å². The average Bonchev–Trinajstić information content (AvgIpc) is 2.96. The predicted molar refractivity (Wildman–Crippen MR) is 148 cm³/mol. The maximum atomic E-state index is 13.7. The third-order valence-electron chi connectivity index (χ3n) is 6.36. The zero-order valence-corrected chi connectivity index (χ0v) is 23.4. The molecular formula is C27H31N3O7S2. The van der Waals surface area contributed by atoms with Crippen LogP contribution in [-0.2, 0) is 24.8 Å². The largest absolute Gasteiger partial charge is 0.497 e. The molecular weight excluding hydrogens is 542 g/mol. The highest BCUT2D eigenvalue weighted by Gasteiger charge is 2.30. The van der Waals surface area contributed by atoms with Crippen molar-refractivity contribution in [3.8, 4) is 11.5 Å². The Labute approximate surface area is 229 Å². The Bertz CT molecular complexity index is 1500. The maximum absolute atomic E-state index is 13.7. The van der Waals surface area contributed by atoms with Gasteiger partial charge in [0.2, 0.25) is 15.9 Å². The van der Waals surface area contributed by atoms with Crippen LogP contribution in [0.2, 0.25) is 0 Å². The second-order valence-corrected chi connectivity index (χ2v) is 12.7. The molecule has 1 aliphatic rings. The molecule has 4 rings (SSSR count). The van der Waals surface area contributed by atoms with Crippen molar-refractivity contribution in [1.82, 2.24) is 4.31 Å². The molecule has 0 aliphatic carbocycles. The summed E-state index contributed by atoms with van der Waals surface area (Å²) in [6.45, 7) is 0.398. The first kappa shape index (κ1) is 28.4. The fourth-order valence-corrected chi connectivity index (χ4v) is 7.27. The van der Waals surface area contributed by atoms with Gasteiger partial charge in [-0.3, -0.25) is 9.10 Å². The third-order valence-corrected chi connectivity index (χ3v) is 10.1. The number of rotatable bonds is 10. The zero-order valence-electron chi connectivity index (χ0n) is 21.7. The van der Waals surface area contributed by atoms with Crippen LogP contribution in [0.4, 0.5) is 11.4 Å². The molecule has 0 atom stereocenters. The average molecular weight is 574 g/mol. The van der Waals surface area contributed by atoms with E-state index in [0.717, 1.165) is 23.6 Å². The van der Waals surface area contributed by atoms with Gasteiger partial charge in [-0.15, -0.1) is 0 Å². The first-order valence-corrected chi connectivity index (χ1v) is 15.2. The fraction of sp³-hybridized carbons (Fsp3) is 0.296. The number of benzene rings is 3. The van der Waals surface area contributed by atoms with E-state index in [-0.39, 0.29) is 21.2 Å². The Balaban J connectivity index is 1.60. The molecule has 10 nitrogen and oxygen atoms in total. The monoisotopic (exact) mass is 573 g/mol. The first-order valence-electron chi connectivity index (χ1n) is 12.4. The number of methoxy groups -OCH3 is 2. The van der Waals surface area contributed by atoms with Gasteiger partial charge < -0.3 is 14.8 Å². The second-order valence-electron chi connectivity index (χ2n) is 8.90. The van der Waals surface area contributed by atoms with Gasteiger partial charge >= 0.3 is 0 Å². The number of carbonyl (C=O) groups is 1. The lowest BCUT2D eigenvalue weighted by atomic mass is 10.2. The number of piperidine rings is 1. The molecule has 1 saturated heterocycles. The van der Waals surface area contributed by atoms with Gasteiger partial charge in [-0.2, -0.15) is 4.31 Å². The lowest BCUT2D eigenvalue weighted by Gasteiger charge is -2.26. The van der Waals surface area contributed by atoms with Crippen LogP contribution < -0.4 is 19.1 Å². The number of amides is 1. The summed E-state index contributed by atoms with van der Waals surface area (Å²) in [6, 6.07) is 18.2. The summed E-state index contributed by atoms with van der Waals surface area (Å²) in [6.07, 6.45) is 2.66. The number of nitrogens with one attached hydrogen (secondary N) is 1. The molecule has 208 valence electrons. The van der Waals surface area contributed by atoms with Crippen LogP contribution in [0.15, 0.2) is 82.6 Å². The molecule has 1 heterocycles. The summed E-state index contributed by atoms with van der Waals surface area (Å²) < 4.78 is 66.3. The molecule has 0 radical (unpaired) electrons. The standard InChI is InChI=1S/C27H31N3O7S2/c1-36-22-13-16-26(37-2)25(19-22)30(39(34,35)23-9-5-3-6-10-23)20-27(31)28-21-11-14-24(15-12-21)38(32,33)29-17-7-4-8-18-29/h3,5-6,9-16,19H,4,7-8,17-18,20H2,1-2H3,(H,28,31). The number of carbonyl (C=O) groups excluding carboxylic acids is 1. The number of sulfonamides is 2. The molecule has 1 N–H and O–H groups in total. The fourth-order valence-electron chi connectivity index (χ4n) is 4.31. The molecule has 12 heteroatoms. The van der Waals surface area contributed by atoms with E-state index < -0.39 is 32.5 Å². The molecule has 3 aromatic carbocycles. The Kier molecular flexibility index (Phi) is 8.78. The lowest BCUT2D eigenvalue weighted by Crippen LogP contribution is -2.38. The summed E-state index contributed by atoms with van der Waals surface area (Å²) in [5, 5.41) is 2.66. The summed E-state index contributed by atoms with van der Waals surface area (Å²) >= 11 is 0. The van der Waals surface area contributed by atoms with Crippen molar-refractivity contribution in [2.75, 3.05) is 43.5 Å². The molecule has 0 saturated carbocycles. The van der Waals surface area contributed by atoms with E-state index in [9.17, 15) is 21.6 Å². The zero-order chi connectivity index (χ0) is 28.0. The van der Waals surface area contributed by atoms with Crippen LogP contribution >= 0.6 is 0 Å². The van der Waals surface area contributed by atoms with Crippen molar-refractivity contribution in [1.29, 1.82) is 0 Å². The summed E-state index contributed by atoms with van der Waals surface area (Å²) in [7, 11) is -4.96. The smallest absolute Gasteiger partial charge is 0.264 e. The Morgan fingerprint density at radius 1 is 0.846 bits per heavy atom. The Hall–Kier alpha value is -3.61. The number of ether oxygens (including phenoxy) is 2. The van der Waals surface area contributed by atoms with Crippen LogP contribution in [0.5, 0.6) is 11.5 Å². The molecule has 1 amide bonds. The highest BCUT2D eigenvalue weighted by Crippen LogP contribution is 2.35. The minimum atomic E-state index is -4.19. The molecule has 3 aromatic rings. The number of hydrogen-bond acceptors (Lipinski definition) is 7. The van der Waals surface area contributed by atoms with E-state index in [1.165, 1.54) is 61.0 Å². The van der Waals surface area contributed by atoms with Crippen LogP contribution in [0, 0.1) is 0 Å². The van der Waals surface area contributed by atoms with Gasteiger partial charge in [0.05, 0.1) is 29.7 Å². The third kappa shape index (κ3) is 6.35. The van der Waals surface area contributed by atoms with E-state index in [2.05, 4.69) is 5.32 Å². The maximum Gasteiger partial charge on any atom is 0.264 e. The van der Waals surface area contributed by atoms with E-state index in [4.69, 9.17) is 9.47 Å². The predicted octanol–water partition coefficient (Wildman–Crippen LogP) is 3.71. The topological polar surface area (TPSA) is 122 Å². The van der Waals surface area contributed by atoms with Crippen LogP contribution in [0.3, 0.4) is 0 Å². The van der Waals surface area contributed by atoms with Crippen LogP contribution in [-0.4, -0.2) is 60.9 Å². The van der Waals surface area contributed by atoms with Crippen LogP contribution in [0.1, 0.15) is 19.3 Å². The van der Waals surface area contributed by atoms with Crippen molar-refractivity contribution >= 4 is 37.3 Å². The Morgan fingerprint density at radius 3 is 2.13 bits per heavy atom. The quantitative estimate of drug-likeness (QED) is 0.392. The van der Waals surface area contributed by atoms with Crippen molar-refractivity contribution in [2.45, 2.75) is 29.1 Å². The van der Waals surface area contributed by atoms with Gasteiger partial charge in [0.25, 0.3) is 10.0 Å². The SMILES string of the molecule is COc1ccc(OC)c(N(CC(=O)Nc2ccc(S(=O)(=O)N3CCCCC3)cc2)S(=O)(=O)c2ccccc2)c1. The lowest BCUT2D eigenvalue weighted by molar-refractivity contribution is -0.114. The number of hydrogen-bond donors (Lipinski definition) is 1. The summed E-state index contributed by atoms with van der Waals surface area (Å²) in [5.74, 6) is -0.0219.